The fourth-order valence-corrected chi connectivity index (χ4v) is 2.78. The zero-order valence-electron chi connectivity index (χ0n) is 13.3. The first-order valence-corrected chi connectivity index (χ1v) is 8.03. The second kappa shape index (κ2) is 7.95. The van der Waals surface area contributed by atoms with Crippen LogP contribution in [0.1, 0.15) is 12.6 Å². The SMILES string of the molecule is O=c1nc(N=CCN2CCOCC2)ccn1[C@H]1CC(O)[C@@H](CO)O1. The van der Waals surface area contributed by atoms with Crippen molar-refractivity contribution < 1.29 is 19.7 Å². The molecule has 0 aliphatic carbocycles. The number of aliphatic imine (C=N–C) groups is 1. The van der Waals surface area contributed by atoms with Gasteiger partial charge in [-0.15, -0.1) is 0 Å². The summed E-state index contributed by atoms with van der Waals surface area (Å²) >= 11 is 0. The molecule has 0 radical (unpaired) electrons. The van der Waals surface area contributed by atoms with Gasteiger partial charge in [0, 0.05) is 38.5 Å². The highest BCUT2D eigenvalue weighted by Gasteiger charge is 2.34. The lowest BCUT2D eigenvalue weighted by atomic mass is 10.2. The number of morpholine rings is 1. The lowest BCUT2D eigenvalue weighted by molar-refractivity contribution is -0.0458. The second-order valence-electron chi connectivity index (χ2n) is 5.82. The topological polar surface area (TPSA) is 109 Å². The molecule has 2 saturated heterocycles. The van der Waals surface area contributed by atoms with Crippen LogP contribution in [0.3, 0.4) is 0 Å². The molecule has 3 rings (SSSR count). The molecule has 1 unspecified atom stereocenters. The van der Waals surface area contributed by atoms with Gasteiger partial charge in [0.1, 0.15) is 12.3 Å². The van der Waals surface area contributed by atoms with Crippen molar-refractivity contribution in [3.05, 3.63) is 22.7 Å². The van der Waals surface area contributed by atoms with Crippen LogP contribution in [-0.4, -0.2) is 82.5 Å². The molecule has 0 saturated carbocycles. The first-order valence-electron chi connectivity index (χ1n) is 8.03. The van der Waals surface area contributed by atoms with Crippen molar-refractivity contribution in [3.63, 3.8) is 0 Å². The number of nitrogens with zero attached hydrogens (tertiary/aromatic N) is 4. The van der Waals surface area contributed by atoms with Gasteiger partial charge in [-0.3, -0.25) is 9.47 Å². The Hall–Kier alpha value is -1.65. The maximum atomic E-state index is 12.1. The Kier molecular flexibility index (Phi) is 5.69. The molecule has 0 bridgehead atoms. The molecular formula is C15H22N4O5. The zero-order valence-corrected chi connectivity index (χ0v) is 13.3. The van der Waals surface area contributed by atoms with Gasteiger partial charge in [0.05, 0.1) is 25.9 Å². The van der Waals surface area contributed by atoms with Gasteiger partial charge in [-0.25, -0.2) is 9.79 Å². The number of ether oxygens (including phenoxy) is 2. The van der Waals surface area contributed by atoms with Gasteiger partial charge < -0.3 is 19.7 Å². The van der Waals surface area contributed by atoms with E-state index in [9.17, 15) is 9.90 Å². The number of rotatable bonds is 5. The molecule has 24 heavy (non-hydrogen) atoms. The highest BCUT2D eigenvalue weighted by Crippen LogP contribution is 2.27. The fraction of sp³-hybridized carbons (Fsp3) is 0.667. The second-order valence-corrected chi connectivity index (χ2v) is 5.82. The predicted octanol–water partition coefficient (Wildman–Crippen LogP) is -1.08. The van der Waals surface area contributed by atoms with Crippen molar-refractivity contribution in [2.24, 2.45) is 4.99 Å². The Labute approximate surface area is 139 Å². The first kappa shape index (κ1) is 17.2. The summed E-state index contributed by atoms with van der Waals surface area (Å²) in [7, 11) is 0. The molecule has 2 aliphatic heterocycles. The summed E-state index contributed by atoms with van der Waals surface area (Å²) in [4.78, 5) is 22.5. The van der Waals surface area contributed by atoms with Gasteiger partial charge in [-0.2, -0.15) is 4.98 Å². The van der Waals surface area contributed by atoms with E-state index in [0.29, 0.717) is 12.4 Å². The van der Waals surface area contributed by atoms with Crippen molar-refractivity contribution in [1.29, 1.82) is 0 Å². The Morgan fingerprint density at radius 2 is 2.21 bits per heavy atom. The minimum atomic E-state index is -0.793. The van der Waals surface area contributed by atoms with Crippen LogP contribution in [-0.2, 0) is 9.47 Å². The molecule has 1 aromatic heterocycles. The number of aliphatic hydroxyl groups excluding tert-OH is 2. The lowest BCUT2D eigenvalue weighted by Gasteiger charge is -2.24. The fourth-order valence-electron chi connectivity index (χ4n) is 2.78. The normalized spacial score (nSPS) is 28.7. The summed E-state index contributed by atoms with van der Waals surface area (Å²) in [5.41, 5.74) is -0.494. The summed E-state index contributed by atoms with van der Waals surface area (Å²) in [6, 6.07) is 1.62. The van der Waals surface area contributed by atoms with Crippen molar-refractivity contribution in [3.8, 4) is 0 Å². The van der Waals surface area contributed by atoms with Crippen LogP contribution in [0.5, 0.6) is 0 Å². The van der Waals surface area contributed by atoms with Gasteiger partial charge in [0.25, 0.3) is 0 Å². The molecule has 0 spiro atoms. The summed E-state index contributed by atoms with van der Waals surface area (Å²) in [6.07, 6.45) is 1.44. The highest BCUT2D eigenvalue weighted by atomic mass is 16.5. The average Bonchev–Trinajstić information content (AvgIpc) is 2.96. The molecule has 2 fully saturated rings. The molecule has 9 nitrogen and oxygen atoms in total. The van der Waals surface area contributed by atoms with Crippen molar-refractivity contribution in [2.45, 2.75) is 24.9 Å². The molecule has 9 heteroatoms. The molecule has 0 aromatic carbocycles. The summed E-state index contributed by atoms with van der Waals surface area (Å²) in [6.45, 7) is 3.59. The number of aromatic nitrogens is 2. The molecule has 132 valence electrons. The van der Waals surface area contributed by atoms with Crippen LogP contribution in [0.4, 0.5) is 5.82 Å². The third-order valence-electron chi connectivity index (χ3n) is 4.18. The Balaban J connectivity index is 1.61. The van der Waals surface area contributed by atoms with Crippen LogP contribution in [0.15, 0.2) is 22.1 Å². The Morgan fingerprint density at radius 1 is 1.42 bits per heavy atom. The van der Waals surface area contributed by atoms with Crippen LogP contribution in [0.2, 0.25) is 0 Å². The minimum Gasteiger partial charge on any atom is -0.394 e. The molecule has 3 atom stereocenters. The highest BCUT2D eigenvalue weighted by molar-refractivity contribution is 5.63. The third kappa shape index (κ3) is 4.05. The minimum absolute atomic E-state index is 0.243. The van der Waals surface area contributed by atoms with E-state index in [1.807, 2.05) is 0 Å². The van der Waals surface area contributed by atoms with E-state index in [1.165, 1.54) is 4.57 Å². The number of aliphatic hydroxyl groups is 2. The summed E-state index contributed by atoms with van der Waals surface area (Å²) < 4.78 is 12.0. The van der Waals surface area contributed by atoms with Crippen LogP contribution in [0.25, 0.3) is 0 Å². The van der Waals surface area contributed by atoms with Gasteiger partial charge in [0.15, 0.2) is 5.82 Å². The van der Waals surface area contributed by atoms with Crippen molar-refractivity contribution >= 4 is 12.0 Å². The zero-order chi connectivity index (χ0) is 16.9. The van der Waals surface area contributed by atoms with Crippen LogP contribution < -0.4 is 5.69 Å². The maximum absolute atomic E-state index is 12.1. The summed E-state index contributed by atoms with van der Waals surface area (Å²) in [5.74, 6) is 0.335. The van der Waals surface area contributed by atoms with E-state index in [4.69, 9.17) is 14.6 Å². The van der Waals surface area contributed by atoms with Gasteiger partial charge in [-0.05, 0) is 6.07 Å². The van der Waals surface area contributed by atoms with Gasteiger partial charge in [0.2, 0.25) is 0 Å². The standard InChI is InChI=1S/C15H22N4O5/c20-10-12-11(21)9-14(24-12)19-3-1-13(17-15(19)22)16-2-4-18-5-7-23-8-6-18/h1-3,11-12,14,20-21H,4-10H2/t11?,12-,14-/m1/s1. The Morgan fingerprint density at radius 3 is 2.88 bits per heavy atom. The van der Waals surface area contributed by atoms with Crippen LogP contribution in [0, 0.1) is 0 Å². The molecular weight excluding hydrogens is 316 g/mol. The average molecular weight is 338 g/mol. The van der Waals surface area contributed by atoms with Gasteiger partial charge >= 0.3 is 5.69 Å². The van der Waals surface area contributed by atoms with E-state index in [0.717, 1.165) is 26.3 Å². The molecule has 1 aromatic rings. The van der Waals surface area contributed by atoms with Crippen molar-refractivity contribution in [1.82, 2.24) is 14.5 Å². The molecule has 3 heterocycles. The Bertz CT molecular complexity index is 629. The lowest BCUT2D eigenvalue weighted by Crippen LogP contribution is -2.37. The quantitative estimate of drug-likeness (QED) is 0.657. The molecule has 2 aliphatic rings. The monoisotopic (exact) mass is 338 g/mol. The third-order valence-corrected chi connectivity index (χ3v) is 4.18. The first-order chi connectivity index (χ1) is 11.7. The maximum Gasteiger partial charge on any atom is 0.351 e. The van der Waals surface area contributed by atoms with E-state index in [1.54, 1.807) is 18.5 Å². The van der Waals surface area contributed by atoms with E-state index < -0.39 is 24.1 Å². The largest absolute Gasteiger partial charge is 0.394 e. The number of hydrogen-bond donors (Lipinski definition) is 2. The number of hydrogen-bond acceptors (Lipinski definition) is 8. The molecule has 0 amide bonds. The van der Waals surface area contributed by atoms with Gasteiger partial charge in [-0.1, -0.05) is 0 Å². The van der Waals surface area contributed by atoms with Crippen LogP contribution >= 0.6 is 0 Å². The molecule has 2 N–H and O–H groups in total. The van der Waals surface area contributed by atoms with E-state index >= 15 is 0 Å². The van der Waals surface area contributed by atoms with E-state index in [-0.39, 0.29) is 13.0 Å². The van der Waals surface area contributed by atoms with Crippen molar-refractivity contribution in [2.75, 3.05) is 39.5 Å². The summed E-state index contributed by atoms with van der Waals surface area (Å²) in [5, 5.41) is 18.8. The predicted molar refractivity (Wildman–Crippen MR) is 85.5 cm³/mol. The smallest absolute Gasteiger partial charge is 0.351 e. The van der Waals surface area contributed by atoms with E-state index in [2.05, 4.69) is 14.9 Å².